The lowest BCUT2D eigenvalue weighted by Gasteiger charge is -2.32. The zero-order valence-electron chi connectivity index (χ0n) is 19.1. The summed E-state index contributed by atoms with van der Waals surface area (Å²) in [5, 5.41) is 2.67. The Hall–Kier alpha value is -1.82. The molecule has 1 aromatic carbocycles. The van der Waals surface area contributed by atoms with E-state index in [1.165, 1.54) is 17.8 Å². The number of hydrogen-bond acceptors (Lipinski definition) is 8. The van der Waals surface area contributed by atoms with E-state index < -0.39 is 20.0 Å². The number of aromatic nitrogens is 1. The van der Waals surface area contributed by atoms with Crippen LogP contribution < -0.4 is 4.90 Å². The van der Waals surface area contributed by atoms with Gasteiger partial charge in [-0.15, -0.1) is 11.3 Å². The summed E-state index contributed by atoms with van der Waals surface area (Å²) in [5.41, 5.74) is 0.959. The highest BCUT2D eigenvalue weighted by atomic mass is 32.2. The van der Waals surface area contributed by atoms with Crippen LogP contribution in [-0.4, -0.2) is 52.4 Å². The summed E-state index contributed by atoms with van der Waals surface area (Å²) in [6.45, 7) is -0.168. The number of amides is 1. The number of carbonyl (C=O) groups excluding carboxylic acids is 1. The van der Waals surface area contributed by atoms with Crippen molar-refractivity contribution in [2.45, 2.75) is 61.8 Å². The van der Waals surface area contributed by atoms with E-state index in [9.17, 15) is 21.6 Å². The van der Waals surface area contributed by atoms with E-state index in [1.54, 1.807) is 30.5 Å². The monoisotopic (exact) mass is 526 g/mol. The first-order chi connectivity index (χ1) is 16.2. The average Bonchev–Trinajstić information content (AvgIpc) is 3.44. The van der Waals surface area contributed by atoms with Crippen LogP contribution in [0.3, 0.4) is 0 Å². The van der Waals surface area contributed by atoms with Gasteiger partial charge in [-0.1, -0.05) is 31.4 Å². The van der Waals surface area contributed by atoms with E-state index in [-0.39, 0.29) is 47.5 Å². The van der Waals surface area contributed by atoms with E-state index in [4.69, 9.17) is 0 Å². The van der Waals surface area contributed by atoms with Crippen molar-refractivity contribution in [3.63, 3.8) is 0 Å². The Morgan fingerprint density at radius 1 is 1.12 bits per heavy atom. The van der Waals surface area contributed by atoms with Gasteiger partial charge in [0.1, 0.15) is 0 Å². The predicted molar refractivity (Wildman–Crippen MR) is 131 cm³/mol. The fourth-order valence-electron chi connectivity index (χ4n) is 4.62. The van der Waals surface area contributed by atoms with Gasteiger partial charge in [0, 0.05) is 23.5 Å². The third-order valence-electron chi connectivity index (χ3n) is 6.43. The first-order valence-corrected chi connectivity index (χ1v) is 15.9. The molecule has 4 rings (SSSR count). The Morgan fingerprint density at radius 2 is 1.82 bits per heavy atom. The van der Waals surface area contributed by atoms with Gasteiger partial charge in [0.05, 0.1) is 23.5 Å². The van der Waals surface area contributed by atoms with Crippen LogP contribution in [-0.2, 0) is 28.9 Å². The van der Waals surface area contributed by atoms with Crippen molar-refractivity contribution in [2.75, 3.05) is 23.5 Å². The topological polar surface area (TPSA) is 111 Å². The largest absolute Gasteiger partial charge is 0.285 e. The van der Waals surface area contributed by atoms with Crippen molar-refractivity contribution >= 4 is 42.3 Å². The van der Waals surface area contributed by atoms with Crippen LogP contribution >= 0.6 is 11.3 Å². The van der Waals surface area contributed by atoms with E-state index in [1.807, 2.05) is 10.3 Å². The molecule has 1 aromatic heterocycles. The van der Waals surface area contributed by atoms with Crippen molar-refractivity contribution in [1.29, 1.82) is 0 Å². The van der Waals surface area contributed by atoms with Gasteiger partial charge in [-0.25, -0.2) is 13.4 Å². The molecular weight excluding hydrogens is 496 g/mol. The number of benzene rings is 1. The highest BCUT2D eigenvalue weighted by Gasteiger charge is 2.47. The molecule has 0 aliphatic heterocycles. The summed E-state index contributed by atoms with van der Waals surface area (Å²) < 4.78 is 51.7. The molecule has 8 nitrogen and oxygen atoms in total. The molecule has 0 N–H and O–H groups in total. The number of sulfone groups is 1. The molecule has 2 atom stereocenters. The van der Waals surface area contributed by atoms with Crippen LogP contribution in [0.25, 0.3) is 0 Å². The number of carbonyl (C=O) groups is 1. The van der Waals surface area contributed by atoms with Crippen molar-refractivity contribution in [3.05, 3.63) is 41.4 Å². The molecule has 0 bridgehead atoms. The second kappa shape index (κ2) is 10.4. The fourth-order valence-corrected chi connectivity index (χ4v) is 7.04. The van der Waals surface area contributed by atoms with Crippen LogP contribution in [0.5, 0.6) is 0 Å². The molecule has 0 saturated heterocycles. The Labute approximate surface area is 205 Å². The molecular formula is C23H30N2O6S3. The van der Waals surface area contributed by atoms with E-state index in [0.717, 1.165) is 49.1 Å². The molecule has 2 unspecified atom stereocenters. The highest BCUT2D eigenvalue weighted by Crippen LogP contribution is 2.49. The minimum absolute atomic E-state index is 0.0819. The van der Waals surface area contributed by atoms with Gasteiger partial charge in [-0.3, -0.25) is 13.9 Å². The average molecular weight is 527 g/mol. The number of hydrogen-bond donors (Lipinski definition) is 0. The van der Waals surface area contributed by atoms with Crippen LogP contribution in [0.2, 0.25) is 0 Å². The molecule has 0 spiro atoms. The number of rotatable bonds is 10. The smallest absolute Gasteiger partial charge is 0.264 e. The normalized spacial score (nSPS) is 21.3. The number of nitrogens with zero attached hydrogens (tertiary/aromatic N) is 2. The maximum Gasteiger partial charge on any atom is 0.264 e. The quantitative estimate of drug-likeness (QED) is 0.342. The summed E-state index contributed by atoms with van der Waals surface area (Å²) in [7, 11) is -7.13. The van der Waals surface area contributed by atoms with Crippen molar-refractivity contribution < 1.29 is 25.8 Å². The first-order valence-electron chi connectivity index (χ1n) is 11.6. The molecule has 186 valence electrons. The SMILES string of the molecule is CS(=O)(=O)OCCCS(=O)(=O)c1ccc(C2CC2C(=O)N(c2nccs2)C2CCCCC2)cc1. The fraction of sp³-hybridized carbons (Fsp3) is 0.565. The molecule has 0 radical (unpaired) electrons. The van der Waals surface area contributed by atoms with Crippen molar-refractivity contribution in [2.24, 2.45) is 5.92 Å². The Bertz CT molecular complexity index is 1190. The van der Waals surface area contributed by atoms with Crippen LogP contribution in [0.4, 0.5) is 5.13 Å². The van der Waals surface area contributed by atoms with Gasteiger partial charge in [-0.05, 0) is 49.3 Å². The van der Waals surface area contributed by atoms with Gasteiger partial charge < -0.3 is 0 Å². The third-order valence-corrected chi connectivity index (χ3v) is 9.61. The minimum atomic E-state index is -3.58. The van der Waals surface area contributed by atoms with Crippen LogP contribution in [0, 0.1) is 5.92 Å². The predicted octanol–water partition coefficient (Wildman–Crippen LogP) is 3.75. The summed E-state index contributed by atoms with van der Waals surface area (Å²) in [5.74, 6) is -0.106. The second-order valence-electron chi connectivity index (χ2n) is 9.03. The lowest BCUT2D eigenvalue weighted by atomic mass is 9.94. The second-order valence-corrected chi connectivity index (χ2v) is 13.7. The van der Waals surface area contributed by atoms with Crippen molar-refractivity contribution in [1.82, 2.24) is 4.98 Å². The lowest BCUT2D eigenvalue weighted by molar-refractivity contribution is -0.120. The third kappa shape index (κ3) is 6.24. The molecule has 1 amide bonds. The Morgan fingerprint density at radius 3 is 2.44 bits per heavy atom. The highest BCUT2D eigenvalue weighted by molar-refractivity contribution is 7.91. The van der Waals surface area contributed by atoms with Gasteiger partial charge in [0.25, 0.3) is 10.1 Å². The number of thiazole rings is 1. The summed E-state index contributed by atoms with van der Waals surface area (Å²) in [6.07, 6.45) is 8.99. The maximum absolute atomic E-state index is 13.5. The number of anilines is 1. The first kappa shape index (κ1) is 25.3. The standard InChI is InChI=1S/C23H30N2O6S3/c1-33(27,28)31-13-5-15-34(29,30)19-10-8-17(9-11-19)20-16-21(20)22(26)25(23-24-12-14-32-23)18-6-3-2-4-7-18/h8-12,14,18,20-21H,2-7,13,15-16H2,1H3. The zero-order chi connectivity index (χ0) is 24.3. The maximum atomic E-state index is 13.5. The Balaban J connectivity index is 1.39. The van der Waals surface area contributed by atoms with Gasteiger partial charge in [-0.2, -0.15) is 8.42 Å². The molecule has 2 saturated carbocycles. The molecule has 2 aliphatic rings. The zero-order valence-corrected chi connectivity index (χ0v) is 21.6. The summed E-state index contributed by atoms with van der Waals surface area (Å²) in [4.78, 5) is 20.0. The lowest BCUT2D eigenvalue weighted by Crippen LogP contribution is -2.42. The van der Waals surface area contributed by atoms with Gasteiger partial charge in [0.15, 0.2) is 15.0 Å². The van der Waals surface area contributed by atoms with E-state index in [2.05, 4.69) is 9.17 Å². The Kier molecular flexibility index (Phi) is 7.75. The van der Waals surface area contributed by atoms with E-state index >= 15 is 0 Å². The molecule has 2 aliphatic carbocycles. The van der Waals surface area contributed by atoms with Gasteiger partial charge >= 0.3 is 0 Å². The molecule has 1 heterocycles. The van der Waals surface area contributed by atoms with Crippen LogP contribution in [0.15, 0.2) is 40.7 Å². The molecule has 34 heavy (non-hydrogen) atoms. The van der Waals surface area contributed by atoms with E-state index in [0.29, 0.717) is 0 Å². The van der Waals surface area contributed by atoms with Gasteiger partial charge in [0.2, 0.25) is 5.91 Å². The summed E-state index contributed by atoms with van der Waals surface area (Å²) >= 11 is 1.49. The molecule has 11 heteroatoms. The van der Waals surface area contributed by atoms with Crippen LogP contribution in [0.1, 0.15) is 56.4 Å². The molecule has 2 fully saturated rings. The van der Waals surface area contributed by atoms with Crippen molar-refractivity contribution in [3.8, 4) is 0 Å². The minimum Gasteiger partial charge on any atom is -0.285 e. The summed E-state index contributed by atoms with van der Waals surface area (Å²) in [6, 6.07) is 6.91. The molecule has 2 aromatic rings.